The summed E-state index contributed by atoms with van der Waals surface area (Å²) in [5, 5.41) is 2.88. The minimum atomic E-state index is -0.271. The van der Waals surface area contributed by atoms with Crippen LogP contribution in [0.15, 0.2) is 36.4 Å². The molecule has 0 saturated carbocycles. The standard InChI is InChI=1S/C17H17N3O2/c1-11-5-3-8-15(18-11)17(22)19-14-7-4-6-13-9-10-20(12(2)21)16(13)14/h3-8H,9-10H2,1-2H3,(H,19,22). The predicted octanol–water partition coefficient (Wildman–Crippen LogP) is 2.55. The van der Waals surface area contributed by atoms with E-state index in [1.54, 1.807) is 17.0 Å². The van der Waals surface area contributed by atoms with Gasteiger partial charge in [0.2, 0.25) is 5.91 Å². The molecule has 5 nitrogen and oxygen atoms in total. The molecular formula is C17H17N3O2. The zero-order chi connectivity index (χ0) is 15.7. The van der Waals surface area contributed by atoms with E-state index in [1.165, 1.54) is 6.92 Å². The van der Waals surface area contributed by atoms with E-state index in [4.69, 9.17) is 0 Å². The van der Waals surface area contributed by atoms with Crippen molar-refractivity contribution in [3.8, 4) is 0 Å². The van der Waals surface area contributed by atoms with Gasteiger partial charge in [-0.3, -0.25) is 9.59 Å². The Kier molecular flexibility index (Phi) is 3.63. The largest absolute Gasteiger partial charge is 0.319 e. The SMILES string of the molecule is CC(=O)N1CCc2cccc(NC(=O)c3cccc(C)n3)c21. The Morgan fingerprint density at radius 1 is 1.18 bits per heavy atom. The first kappa shape index (κ1) is 14.3. The molecule has 0 saturated heterocycles. The number of anilines is 2. The van der Waals surface area contributed by atoms with Gasteiger partial charge in [0.15, 0.2) is 0 Å². The monoisotopic (exact) mass is 295 g/mol. The molecule has 2 aromatic rings. The molecule has 3 rings (SSSR count). The van der Waals surface area contributed by atoms with E-state index in [0.717, 1.165) is 23.4 Å². The van der Waals surface area contributed by atoms with Crippen molar-refractivity contribution in [2.75, 3.05) is 16.8 Å². The van der Waals surface area contributed by atoms with Gasteiger partial charge in [-0.05, 0) is 37.1 Å². The van der Waals surface area contributed by atoms with Crippen molar-refractivity contribution in [2.45, 2.75) is 20.3 Å². The fraction of sp³-hybridized carbons (Fsp3) is 0.235. The van der Waals surface area contributed by atoms with Gasteiger partial charge in [0, 0.05) is 19.2 Å². The van der Waals surface area contributed by atoms with Crippen molar-refractivity contribution < 1.29 is 9.59 Å². The second kappa shape index (κ2) is 5.60. The van der Waals surface area contributed by atoms with Gasteiger partial charge in [0.05, 0.1) is 11.4 Å². The number of rotatable bonds is 2. The summed E-state index contributed by atoms with van der Waals surface area (Å²) >= 11 is 0. The number of pyridine rings is 1. The van der Waals surface area contributed by atoms with Gasteiger partial charge in [0.25, 0.3) is 5.91 Å². The third-order valence-electron chi connectivity index (χ3n) is 3.74. The summed E-state index contributed by atoms with van der Waals surface area (Å²) in [4.78, 5) is 30.1. The lowest BCUT2D eigenvalue weighted by atomic mass is 10.1. The van der Waals surface area contributed by atoms with Crippen LogP contribution in [-0.4, -0.2) is 23.3 Å². The van der Waals surface area contributed by atoms with E-state index >= 15 is 0 Å². The van der Waals surface area contributed by atoms with Gasteiger partial charge in [-0.25, -0.2) is 4.98 Å². The Labute approximate surface area is 129 Å². The van der Waals surface area contributed by atoms with Crippen molar-refractivity contribution in [2.24, 2.45) is 0 Å². The fourth-order valence-electron chi connectivity index (χ4n) is 2.73. The van der Waals surface area contributed by atoms with Crippen molar-refractivity contribution in [3.63, 3.8) is 0 Å². The third kappa shape index (κ3) is 2.57. The molecule has 22 heavy (non-hydrogen) atoms. The van der Waals surface area contributed by atoms with Crippen molar-refractivity contribution in [1.29, 1.82) is 0 Å². The van der Waals surface area contributed by atoms with E-state index in [-0.39, 0.29) is 11.8 Å². The highest BCUT2D eigenvalue weighted by molar-refractivity contribution is 6.07. The number of benzene rings is 1. The molecule has 112 valence electrons. The Bertz CT molecular complexity index is 755. The molecule has 1 N–H and O–H groups in total. The highest BCUT2D eigenvalue weighted by Crippen LogP contribution is 2.35. The van der Waals surface area contributed by atoms with Crippen molar-refractivity contribution in [3.05, 3.63) is 53.3 Å². The van der Waals surface area contributed by atoms with Crippen LogP contribution in [0.3, 0.4) is 0 Å². The molecule has 2 heterocycles. The lowest BCUT2D eigenvalue weighted by Gasteiger charge is -2.19. The van der Waals surface area contributed by atoms with E-state index < -0.39 is 0 Å². The number of nitrogens with zero attached hydrogens (tertiary/aromatic N) is 2. The number of fused-ring (bicyclic) bond motifs is 1. The zero-order valence-electron chi connectivity index (χ0n) is 12.6. The normalized spacial score (nSPS) is 12.9. The molecular weight excluding hydrogens is 278 g/mol. The highest BCUT2D eigenvalue weighted by Gasteiger charge is 2.25. The van der Waals surface area contributed by atoms with Gasteiger partial charge in [-0.1, -0.05) is 18.2 Å². The van der Waals surface area contributed by atoms with Crippen molar-refractivity contribution >= 4 is 23.2 Å². The summed E-state index contributed by atoms with van der Waals surface area (Å²) in [6.07, 6.45) is 0.807. The van der Waals surface area contributed by atoms with Crippen LogP contribution in [0.2, 0.25) is 0 Å². The van der Waals surface area contributed by atoms with Gasteiger partial charge >= 0.3 is 0 Å². The predicted molar refractivity (Wildman–Crippen MR) is 85.1 cm³/mol. The number of para-hydroxylation sites is 1. The molecule has 1 aliphatic rings. The summed E-state index contributed by atoms with van der Waals surface area (Å²) in [6.45, 7) is 4.03. The molecule has 0 unspecified atom stereocenters. The number of hydrogen-bond acceptors (Lipinski definition) is 3. The maximum atomic E-state index is 12.4. The molecule has 0 fully saturated rings. The van der Waals surface area contributed by atoms with Crippen LogP contribution in [0.1, 0.15) is 28.7 Å². The minimum absolute atomic E-state index is 0.0193. The van der Waals surface area contributed by atoms with Crippen LogP contribution in [0.25, 0.3) is 0 Å². The van der Waals surface area contributed by atoms with Crippen LogP contribution >= 0.6 is 0 Å². The quantitative estimate of drug-likeness (QED) is 0.926. The summed E-state index contributed by atoms with van der Waals surface area (Å²) < 4.78 is 0. The molecule has 5 heteroatoms. The average Bonchev–Trinajstić information content (AvgIpc) is 2.92. The molecule has 0 bridgehead atoms. The number of carbonyl (C=O) groups excluding carboxylic acids is 2. The molecule has 0 aliphatic carbocycles. The third-order valence-corrected chi connectivity index (χ3v) is 3.74. The van der Waals surface area contributed by atoms with Crippen LogP contribution < -0.4 is 10.2 Å². The lowest BCUT2D eigenvalue weighted by Crippen LogP contribution is -2.27. The minimum Gasteiger partial charge on any atom is -0.319 e. The van der Waals surface area contributed by atoms with Crippen LogP contribution in [-0.2, 0) is 11.2 Å². The van der Waals surface area contributed by atoms with Crippen LogP contribution in [0.5, 0.6) is 0 Å². The summed E-state index contributed by atoms with van der Waals surface area (Å²) in [7, 11) is 0. The smallest absolute Gasteiger partial charge is 0.274 e. The van der Waals surface area contributed by atoms with Crippen LogP contribution in [0.4, 0.5) is 11.4 Å². The number of aromatic nitrogens is 1. The Hall–Kier alpha value is -2.69. The average molecular weight is 295 g/mol. The number of hydrogen-bond donors (Lipinski definition) is 1. The number of amides is 2. The second-order valence-corrected chi connectivity index (χ2v) is 5.35. The summed E-state index contributed by atoms with van der Waals surface area (Å²) in [5.41, 5.74) is 3.68. The Morgan fingerprint density at radius 2 is 1.95 bits per heavy atom. The molecule has 1 aromatic carbocycles. The molecule has 1 aliphatic heterocycles. The first-order chi connectivity index (χ1) is 10.6. The van der Waals surface area contributed by atoms with Gasteiger partial charge < -0.3 is 10.2 Å². The molecule has 1 aromatic heterocycles. The maximum Gasteiger partial charge on any atom is 0.274 e. The maximum absolute atomic E-state index is 12.4. The van der Waals surface area contributed by atoms with E-state index in [9.17, 15) is 9.59 Å². The van der Waals surface area contributed by atoms with Gasteiger partial charge in [-0.2, -0.15) is 0 Å². The van der Waals surface area contributed by atoms with Gasteiger partial charge in [-0.15, -0.1) is 0 Å². The van der Waals surface area contributed by atoms with Gasteiger partial charge in [0.1, 0.15) is 5.69 Å². The number of nitrogens with one attached hydrogen (secondary N) is 1. The number of aryl methyl sites for hydroxylation is 1. The molecule has 0 spiro atoms. The first-order valence-electron chi connectivity index (χ1n) is 7.21. The van der Waals surface area contributed by atoms with Crippen molar-refractivity contribution in [1.82, 2.24) is 4.98 Å². The number of carbonyl (C=O) groups is 2. The zero-order valence-corrected chi connectivity index (χ0v) is 12.6. The van der Waals surface area contributed by atoms with Crippen LogP contribution in [0, 0.1) is 6.92 Å². The molecule has 2 amide bonds. The molecule has 0 atom stereocenters. The van der Waals surface area contributed by atoms with E-state index in [1.807, 2.05) is 31.2 Å². The fourth-order valence-corrected chi connectivity index (χ4v) is 2.73. The second-order valence-electron chi connectivity index (χ2n) is 5.35. The summed E-state index contributed by atoms with van der Waals surface area (Å²) in [5.74, 6) is -0.290. The topological polar surface area (TPSA) is 62.3 Å². The van der Waals surface area contributed by atoms with E-state index in [2.05, 4.69) is 10.3 Å². The lowest BCUT2D eigenvalue weighted by molar-refractivity contribution is -0.116. The summed E-state index contributed by atoms with van der Waals surface area (Å²) in [6, 6.07) is 11.0. The molecule has 0 radical (unpaired) electrons. The Morgan fingerprint density at radius 3 is 2.68 bits per heavy atom. The Balaban J connectivity index is 1.92. The highest BCUT2D eigenvalue weighted by atomic mass is 16.2. The first-order valence-corrected chi connectivity index (χ1v) is 7.21. The van der Waals surface area contributed by atoms with E-state index in [0.29, 0.717) is 17.9 Å².